The van der Waals surface area contributed by atoms with Crippen molar-refractivity contribution in [3.63, 3.8) is 0 Å². The molecule has 0 fully saturated rings. The first-order chi connectivity index (χ1) is 10.5. The maximum absolute atomic E-state index is 12.4. The van der Waals surface area contributed by atoms with Gasteiger partial charge in [0.2, 0.25) is 0 Å². The SMILES string of the molecule is N#CC(C#N)[C@@H](CC(=O)c1ccc(Cl)s1)c1ccc(Cl)cc1. The number of carbonyl (C=O) groups is 1. The molecule has 0 unspecified atom stereocenters. The summed E-state index contributed by atoms with van der Waals surface area (Å²) in [4.78, 5) is 12.9. The van der Waals surface area contributed by atoms with Crippen molar-refractivity contribution in [1.82, 2.24) is 0 Å². The lowest BCUT2D eigenvalue weighted by atomic mass is 9.83. The van der Waals surface area contributed by atoms with Gasteiger partial charge in [-0.2, -0.15) is 10.5 Å². The van der Waals surface area contributed by atoms with Crippen LogP contribution in [0.15, 0.2) is 36.4 Å². The van der Waals surface area contributed by atoms with Crippen LogP contribution in [0.2, 0.25) is 9.36 Å². The molecule has 3 nitrogen and oxygen atoms in total. The van der Waals surface area contributed by atoms with Crippen LogP contribution in [0.4, 0.5) is 0 Å². The van der Waals surface area contributed by atoms with Crippen LogP contribution in [0.25, 0.3) is 0 Å². The van der Waals surface area contributed by atoms with Gasteiger partial charge in [-0.3, -0.25) is 4.79 Å². The van der Waals surface area contributed by atoms with Crippen molar-refractivity contribution in [2.75, 3.05) is 0 Å². The lowest BCUT2D eigenvalue weighted by molar-refractivity contribution is 0.0975. The molecule has 0 radical (unpaired) electrons. The van der Waals surface area contributed by atoms with E-state index in [9.17, 15) is 15.3 Å². The Hall–Kier alpha value is -1.85. The molecule has 6 heteroatoms. The van der Waals surface area contributed by atoms with E-state index >= 15 is 0 Å². The van der Waals surface area contributed by atoms with Crippen molar-refractivity contribution in [3.8, 4) is 12.1 Å². The minimum Gasteiger partial charge on any atom is -0.293 e. The molecule has 1 aromatic carbocycles. The van der Waals surface area contributed by atoms with Gasteiger partial charge in [-0.15, -0.1) is 11.3 Å². The highest BCUT2D eigenvalue weighted by atomic mass is 35.5. The molecule has 22 heavy (non-hydrogen) atoms. The van der Waals surface area contributed by atoms with Gasteiger partial charge < -0.3 is 0 Å². The smallest absolute Gasteiger partial charge is 0.173 e. The van der Waals surface area contributed by atoms with Gasteiger partial charge in [0.1, 0.15) is 5.92 Å². The van der Waals surface area contributed by atoms with Gasteiger partial charge in [-0.25, -0.2) is 0 Å². The van der Waals surface area contributed by atoms with E-state index in [1.807, 2.05) is 12.1 Å². The molecule has 1 aromatic heterocycles. The summed E-state index contributed by atoms with van der Waals surface area (Å²) in [6.07, 6.45) is 0.0737. The highest BCUT2D eigenvalue weighted by Crippen LogP contribution is 2.32. The third kappa shape index (κ3) is 3.87. The number of hydrogen-bond acceptors (Lipinski definition) is 4. The molecule has 0 aliphatic heterocycles. The Morgan fingerprint density at radius 2 is 1.73 bits per heavy atom. The zero-order valence-corrected chi connectivity index (χ0v) is 13.6. The van der Waals surface area contributed by atoms with Crippen LogP contribution in [-0.4, -0.2) is 5.78 Å². The number of Topliss-reactive ketones (excluding diaryl/α,β-unsaturated/α-hetero) is 1. The third-order valence-corrected chi connectivity index (χ3v) is 4.76. The summed E-state index contributed by atoms with van der Waals surface area (Å²) >= 11 is 12.9. The molecule has 0 amide bonds. The van der Waals surface area contributed by atoms with Gasteiger partial charge >= 0.3 is 0 Å². The average Bonchev–Trinajstić information content (AvgIpc) is 2.95. The first-order valence-electron chi connectivity index (χ1n) is 6.38. The van der Waals surface area contributed by atoms with Crippen LogP contribution >= 0.6 is 34.5 Å². The topological polar surface area (TPSA) is 64.7 Å². The van der Waals surface area contributed by atoms with Gasteiger partial charge in [-0.1, -0.05) is 35.3 Å². The van der Waals surface area contributed by atoms with Crippen LogP contribution in [-0.2, 0) is 0 Å². The van der Waals surface area contributed by atoms with Crippen molar-refractivity contribution in [2.45, 2.75) is 12.3 Å². The number of rotatable bonds is 5. The number of carbonyl (C=O) groups excluding carboxylic acids is 1. The second kappa shape index (κ2) is 7.42. The van der Waals surface area contributed by atoms with E-state index in [2.05, 4.69) is 0 Å². The molecule has 0 aliphatic rings. The fourth-order valence-electron chi connectivity index (χ4n) is 2.11. The van der Waals surface area contributed by atoms with Gasteiger partial charge in [-0.05, 0) is 29.8 Å². The summed E-state index contributed by atoms with van der Waals surface area (Å²) in [5.41, 5.74) is 0.744. The Balaban J connectivity index is 2.29. The number of halogens is 2. The standard InChI is InChI=1S/C16H10Cl2N2OS/c17-12-3-1-10(2-4-12)13(11(8-19)9-20)7-14(21)15-5-6-16(18)22-15/h1-6,11,13H,7H2/t13-/m0/s1. The Bertz CT molecular complexity index is 742. The van der Waals surface area contributed by atoms with E-state index < -0.39 is 11.8 Å². The number of hydrogen-bond donors (Lipinski definition) is 0. The quantitative estimate of drug-likeness (QED) is 0.708. The van der Waals surface area contributed by atoms with Gasteiger partial charge in [0.25, 0.3) is 0 Å². The highest BCUT2D eigenvalue weighted by molar-refractivity contribution is 7.18. The zero-order chi connectivity index (χ0) is 16.1. The molecule has 0 N–H and O–H groups in total. The van der Waals surface area contributed by atoms with E-state index in [-0.39, 0.29) is 12.2 Å². The van der Waals surface area contributed by atoms with E-state index in [0.29, 0.717) is 14.2 Å². The molecule has 1 atom stereocenters. The Morgan fingerprint density at radius 1 is 1.09 bits per heavy atom. The fourth-order valence-corrected chi connectivity index (χ4v) is 3.23. The fraction of sp³-hybridized carbons (Fsp3) is 0.188. The number of benzene rings is 1. The third-order valence-electron chi connectivity index (χ3n) is 3.23. The molecular formula is C16H10Cl2N2OS. The van der Waals surface area contributed by atoms with Crippen LogP contribution in [0.1, 0.15) is 27.6 Å². The van der Waals surface area contributed by atoms with Crippen molar-refractivity contribution >= 4 is 40.3 Å². The molecule has 0 aliphatic carbocycles. The normalized spacial score (nSPS) is 11.7. The minimum atomic E-state index is -0.902. The molecule has 110 valence electrons. The van der Waals surface area contributed by atoms with E-state index in [0.717, 1.165) is 5.56 Å². The number of nitriles is 2. The van der Waals surface area contributed by atoms with Crippen LogP contribution in [0.3, 0.4) is 0 Å². The van der Waals surface area contributed by atoms with E-state index in [1.54, 1.807) is 36.4 Å². The second-order valence-corrected chi connectivity index (χ2v) is 6.78. The first-order valence-corrected chi connectivity index (χ1v) is 7.95. The summed E-state index contributed by atoms with van der Waals surface area (Å²) in [5.74, 6) is -1.53. The summed E-state index contributed by atoms with van der Waals surface area (Å²) in [6.45, 7) is 0. The summed E-state index contributed by atoms with van der Waals surface area (Å²) in [5, 5.41) is 18.9. The first kappa shape index (κ1) is 16.5. The highest BCUT2D eigenvalue weighted by Gasteiger charge is 2.26. The molecule has 2 aromatic rings. The number of ketones is 1. The van der Waals surface area contributed by atoms with Crippen molar-refractivity contribution in [1.29, 1.82) is 10.5 Å². The zero-order valence-electron chi connectivity index (χ0n) is 11.3. The summed E-state index contributed by atoms with van der Waals surface area (Å²) < 4.78 is 0.531. The Morgan fingerprint density at radius 3 is 2.23 bits per heavy atom. The molecule has 0 saturated heterocycles. The van der Waals surface area contributed by atoms with E-state index in [4.69, 9.17) is 23.2 Å². The molecule has 1 heterocycles. The molecule has 0 spiro atoms. The predicted molar refractivity (Wildman–Crippen MR) is 87.2 cm³/mol. The number of nitrogens with zero attached hydrogens (tertiary/aromatic N) is 2. The van der Waals surface area contributed by atoms with Crippen molar-refractivity contribution < 1.29 is 4.79 Å². The Kier molecular flexibility index (Phi) is 5.57. The van der Waals surface area contributed by atoms with Crippen LogP contribution in [0, 0.1) is 28.6 Å². The van der Waals surface area contributed by atoms with Crippen LogP contribution in [0.5, 0.6) is 0 Å². The van der Waals surface area contributed by atoms with E-state index in [1.165, 1.54) is 11.3 Å². The number of thiophene rings is 1. The predicted octanol–water partition coefficient (Wildman–Crippen LogP) is 5.07. The monoisotopic (exact) mass is 348 g/mol. The van der Waals surface area contributed by atoms with Crippen molar-refractivity contribution in [2.24, 2.45) is 5.92 Å². The lowest BCUT2D eigenvalue weighted by Gasteiger charge is -2.17. The minimum absolute atomic E-state index is 0.0737. The maximum Gasteiger partial charge on any atom is 0.173 e. The summed E-state index contributed by atoms with van der Waals surface area (Å²) in [7, 11) is 0. The van der Waals surface area contributed by atoms with Crippen LogP contribution < -0.4 is 0 Å². The van der Waals surface area contributed by atoms with Gasteiger partial charge in [0, 0.05) is 17.4 Å². The molecular weight excluding hydrogens is 339 g/mol. The Labute approximate surface area is 142 Å². The molecule has 0 bridgehead atoms. The maximum atomic E-state index is 12.4. The van der Waals surface area contributed by atoms with Gasteiger partial charge in [0.15, 0.2) is 5.78 Å². The largest absolute Gasteiger partial charge is 0.293 e. The molecule has 2 rings (SSSR count). The van der Waals surface area contributed by atoms with Crippen molar-refractivity contribution in [3.05, 3.63) is 56.2 Å². The lowest BCUT2D eigenvalue weighted by Crippen LogP contribution is -2.14. The van der Waals surface area contributed by atoms with Gasteiger partial charge in [0.05, 0.1) is 21.4 Å². The second-order valence-electron chi connectivity index (χ2n) is 4.62. The average molecular weight is 349 g/mol. The summed E-state index contributed by atoms with van der Waals surface area (Å²) in [6, 6.07) is 14.1. The molecule has 0 saturated carbocycles.